The second-order valence-corrected chi connectivity index (χ2v) is 8.47. The summed E-state index contributed by atoms with van der Waals surface area (Å²) in [6.07, 6.45) is 1.26. The van der Waals surface area contributed by atoms with Crippen LogP contribution in [0, 0.1) is 5.92 Å². The second kappa shape index (κ2) is 6.75. The molecule has 2 unspecified atom stereocenters. The van der Waals surface area contributed by atoms with Crippen molar-refractivity contribution in [2.45, 2.75) is 71.6 Å². The maximum Gasteiger partial charge on any atom is 0.0101 e. The number of hydrogen-bond donors (Lipinski definition) is 0. The van der Waals surface area contributed by atoms with Gasteiger partial charge in [-0.3, -0.25) is 0 Å². The van der Waals surface area contributed by atoms with Crippen LogP contribution in [0.15, 0.2) is 42.5 Å². The highest BCUT2D eigenvalue weighted by atomic mass is 14.4. The first-order chi connectivity index (χ1) is 11.4. The van der Waals surface area contributed by atoms with Crippen LogP contribution in [0.3, 0.4) is 0 Å². The molecule has 2 atom stereocenters. The first-order valence-corrected chi connectivity index (χ1v) is 9.62. The molecule has 2 aromatic rings. The smallest absolute Gasteiger partial charge is 0.0101 e. The van der Waals surface area contributed by atoms with Crippen LogP contribution in [0.1, 0.15) is 99.5 Å². The molecule has 2 aromatic carbocycles. The number of rotatable bonds is 4. The fourth-order valence-corrected chi connectivity index (χ4v) is 4.38. The van der Waals surface area contributed by atoms with E-state index in [4.69, 9.17) is 0 Å². The average molecular weight is 321 g/mol. The Morgan fingerprint density at radius 1 is 0.750 bits per heavy atom. The largest absolute Gasteiger partial charge is 0.0622 e. The molecule has 3 rings (SSSR count). The summed E-state index contributed by atoms with van der Waals surface area (Å²) in [4.78, 5) is 0. The van der Waals surface area contributed by atoms with Crippen molar-refractivity contribution in [3.63, 3.8) is 0 Å². The van der Waals surface area contributed by atoms with Crippen molar-refractivity contribution in [2.75, 3.05) is 0 Å². The Kier molecular flexibility index (Phi) is 4.85. The summed E-state index contributed by atoms with van der Waals surface area (Å²) in [5.41, 5.74) is 7.74. The van der Waals surface area contributed by atoms with Gasteiger partial charge in [-0.2, -0.15) is 0 Å². The number of fused-ring (bicyclic) bond motifs is 1. The van der Waals surface area contributed by atoms with Gasteiger partial charge in [0.05, 0.1) is 0 Å². The Morgan fingerprint density at radius 2 is 1.46 bits per heavy atom. The molecule has 0 aromatic heterocycles. The minimum atomic E-state index is 0.562. The van der Waals surface area contributed by atoms with E-state index in [1.807, 2.05) is 0 Å². The molecule has 0 radical (unpaired) electrons. The lowest BCUT2D eigenvalue weighted by molar-refractivity contribution is 0.480. The molecule has 0 heteroatoms. The van der Waals surface area contributed by atoms with Gasteiger partial charge in [0.25, 0.3) is 0 Å². The van der Waals surface area contributed by atoms with Gasteiger partial charge in [0.2, 0.25) is 0 Å². The van der Waals surface area contributed by atoms with Crippen LogP contribution >= 0.6 is 0 Å². The van der Waals surface area contributed by atoms with Gasteiger partial charge < -0.3 is 0 Å². The minimum Gasteiger partial charge on any atom is -0.0622 e. The van der Waals surface area contributed by atoms with E-state index >= 15 is 0 Å². The molecule has 0 spiro atoms. The third kappa shape index (κ3) is 3.04. The van der Waals surface area contributed by atoms with Crippen LogP contribution in [-0.4, -0.2) is 0 Å². The summed E-state index contributed by atoms with van der Waals surface area (Å²) in [5.74, 6) is 3.13. The molecule has 1 aliphatic rings. The Bertz CT molecular complexity index is 706. The zero-order valence-corrected chi connectivity index (χ0v) is 16.1. The van der Waals surface area contributed by atoms with E-state index in [-0.39, 0.29) is 0 Å². The van der Waals surface area contributed by atoms with Gasteiger partial charge in [-0.1, -0.05) is 84.0 Å². The first-order valence-electron chi connectivity index (χ1n) is 9.62. The Labute approximate surface area is 148 Å². The lowest BCUT2D eigenvalue weighted by Crippen LogP contribution is -2.05. The van der Waals surface area contributed by atoms with Crippen LogP contribution in [0.5, 0.6) is 0 Å². The number of hydrogen-bond acceptors (Lipinski definition) is 0. The van der Waals surface area contributed by atoms with Crippen LogP contribution < -0.4 is 0 Å². The lowest BCUT2D eigenvalue weighted by Gasteiger charge is -2.20. The Hall–Kier alpha value is -1.56. The molecule has 128 valence electrons. The summed E-state index contributed by atoms with van der Waals surface area (Å²) < 4.78 is 0. The molecule has 0 fully saturated rings. The summed E-state index contributed by atoms with van der Waals surface area (Å²) in [7, 11) is 0. The van der Waals surface area contributed by atoms with Crippen LogP contribution in [0.25, 0.3) is 0 Å². The van der Waals surface area contributed by atoms with Crippen LogP contribution in [0.4, 0.5) is 0 Å². The highest BCUT2D eigenvalue weighted by molar-refractivity contribution is 5.49. The standard InChI is InChI=1S/C24H32/c1-15(2)18-11-12-21-23(13-18)22(17(5)6)14-24(21)20-10-8-7-9-19(20)16(3)4/h7-13,15-17,22,24H,14H2,1-6H3. The van der Waals surface area contributed by atoms with E-state index in [2.05, 4.69) is 84.0 Å². The molecule has 0 amide bonds. The quantitative estimate of drug-likeness (QED) is 0.558. The van der Waals surface area contributed by atoms with Gasteiger partial charge in [-0.05, 0) is 57.9 Å². The van der Waals surface area contributed by atoms with E-state index in [9.17, 15) is 0 Å². The van der Waals surface area contributed by atoms with Gasteiger partial charge in [-0.25, -0.2) is 0 Å². The molecule has 0 saturated carbocycles. The zero-order chi connectivity index (χ0) is 17.4. The molecular weight excluding hydrogens is 288 g/mol. The first kappa shape index (κ1) is 17.3. The molecule has 0 N–H and O–H groups in total. The third-order valence-corrected chi connectivity index (χ3v) is 5.84. The fraction of sp³-hybridized carbons (Fsp3) is 0.500. The molecule has 0 bridgehead atoms. The SMILES string of the molecule is CC(C)c1ccc2c(c1)C(C(C)C)CC2c1ccccc1C(C)C. The van der Waals surface area contributed by atoms with Gasteiger partial charge >= 0.3 is 0 Å². The van der Waals surface area contributed by atoms with Crippen molar-refractivity contribution >= 4 is 0 Å². The molecular formula is C24H32. The minimum absolute atomic E-state index is 0.562. The summed E-state index contributed by atoms with van der Waals surface area (Å²) in [6, 6.07) is 16.4. The van der Waals surface area contributed by atoms with Crippen molar-refractivity contribution in [2.24, 2.45) is 5.92 Å². The van der Waals surface area contributed by atoms with Gasteiger partial charge in [0.15, 0.2) is 0 Å². The molecule has 1 aliphatic carbocycles. The van der Waals surface area contributed by atoms with E-state index < -0.39 is 0 Å². The van der Waals surface area contributed by atoms with Crippen LogP contribution in [0.2, 0.25) is 0 Å². The molecule has 24 heavy (non-hydrogen) atoms. The zero-order valence-electron chi connectivity index (χ0n) is 16.1. The predicted octanol–water partition coefficient (Wildman–Crippen LogP) is 7.21. The van der Waals surface area contributed by atoms with Crippen molar-refractivity contribution in [1.29, 1.82) is 0 Å². The number of benzene rings is 2. The Morgan fingerprint density at radius 3 is 2.08 bits per heavy atom. The maximum atomic E-state index is 2.50. The van der Waals surface area contributed by atoms with Gasteiger partial charge in [0, 0.05) is 5.92 Å². The fourth-order valence-electron chi connectivity index (χ4n) is 4.38. The monoisotopic (exact) mass is 320 g/mol. The highest BCUT2D eigenvalue weighted by Gasteiger charge is 2.34. The summed E-state index contributed by atoms with van der Waals surface area (Å²) in [5, 5.41) is 0. The molecule has 0 saturated heterocycles. The highest BCUT2D eigenvalue weighted by Crippen LogP contribution is 2.50. The molecule has 0 aliphatic heterocycles. The van der Waals surface area contributed by atoms with E-state index in [1.54, 1.807) is 16.7 Å². The summed E-state index contributed by atoms with van der Waals surface area (Å²) in [6.45, 7) is 14.0. The summed E-state index contributed by atoms with van der Waals surface area (Å²) >= 11 is 0. The third-order valence-electron chi connectivity index (χ3n) is 5.84. The van der Waals surface area contributed by atoms with E-state index in [0.29, 0.717) is 29.6 Å². The van der Waals surface area contributed by atoms with Gasteiger partial charge in [0.1, 0.15) is 0 Å². The van der Waals surface area contributed by atoms with Crippen molar-refractivity contribution in [3.05, 3.63) is 70.3 Å². The average Bonchev–Trinajstić information content (AvgIpc) is 2.93. The topological polar surface area (TPSA) is 0 Å². The van der Waals surface area contributed by atoms with E-state index in [1.165, 1.54) is 17.5 Å². The Balaban J connectivity index is 2.11. The maximum absolute atomic E-state index is 2.50. The lowest BCUT2D eigenvalue weighted by atomic mass is 9.84. The molecule has 0 heterocycles. The van der Waals surface area contributed by atoms with E-state index in [0.717, 1.165) is 0 Å². The van der Waals surface area contributed by atoms with Crippen molar-refractivity contribution < 1.29 is 0 Å². The van der Waals surface area contributed by atoms with Crippen molar-refractivity contribution in [1.82, 2.24) is 0 Å². The predicted molar refractivity (Wildman–Crippen MR) is 105 cm³/mol. The van der Waals surface area contributed by atoms with Gasteiger partial charge in [-0.15, -0.1) is 0 Å². The molecule has 0 nitrogen and oxygen atoms in total. The normalized spacial score (nSPS) is 20.2. The van der Waals surface area contributed by atoms with Crippen molar-refractivity contribution in [3.8, 4) is 0 Å². The second-order valence-electron chi connectivity index (χ2n) is 8.47. The van der Waals surface area contributed by atoms with Crippen LogP contribution in [-0.2, 0) is 0 Å².